The fraction of sp³-hybridized carbons (Fsp3) is 0. The van der Waals surface area contributed by atoms with E-state index in [2.05, 4.69) is 18.6 Å². The van der Waals surface area contributed by atoms with E-state index in [4.69, 9.17) is 5.53 Å². The number of allylic oxidation sites excluding steroid dienone is 1. The Morgan fingerprint density at radius 1 is 1.62 bits per heavy atom. The van der Waals surface area contributed by atoms with Gasteiger partial charge in [0.05, 0.1) is 0 Å². The first-order chi connectivity index (χ1) is 2.27. The molecule has 42 valence electrons. The average molecular weight is 353 g/mol. The molecule has 0 aliphatic heterocycles. The molecule has 0 rings (SSSR count). The summed E-state index contributed by atoms with van der Waals surface area (Å²) in [4.78, 5) is 0. The Bertz CT molecular complexity index is 66.3. The third kappa shape index (κ3) is 27.7. The predicted molar refractivity (Wildman–Crippen MR) is 19.0 cm³/mol. The minimum Gasteiger partial charge on any atom is -0.712 e. The van der Waals surface area contributed by atoms with E-state index < -0.39 is 0 Å². The molecule has 0 atom stereocenters. The molecule has 0 aliphatic carbocycles. The van der Waals surface area contributed by atoms with Gasteiger partial charge < -0.3 is 29.8 Å². The van der Waals surface area contributed by atoms with Crippen LogP contribution in [0.4, 0.5) is 0 Å². The van der Waals surface area contributed by atoms with Gasteiger partial charge in [-0.3, -0.25) is 0 Å². The molecule has 0 amide bonds. The summed E-state index contributed by atoms with van der Waals surface area (Å²) in [5, 5.41) is 2.47. The van der Waals surface area contributed by atoms with Crippen molar-refractivity contribution in [2.24, 2.45) is 5.11 Å². The molecule has 0 aromatic heterocycles. The van der Waals surface area contributed by atoms with E-state index in [0.29, 0.717) is 0 Å². The van der Waals surface area contributed by atoms with Crippen molar-refractivity contribution in [1.29, 1.82) is 0 Å². The first kappa shape index (κ1) is 23.0. The van der Waals surface area contributed by atoms with Crippen molar-refractivity contribution < 1.29 is 58.2 Å². The van der Waals surface area contributed by atoms with Gasteiger partial charge in [-0.1, -0.05) is 0 Å². The molecule has 0 fully saturated rings. The van der Waals surface area contributed by atoms with E-state index in [1.54, 1.807) is 0 Å². The van der Waals surface area contributed by atoms with Crippen LogP contribution in [0.1, 0.15) is 0 Å². The van der Waals surface area contributed by atoms with E-state index >= 15 is 0 Å². The second-order valence-corrected chi connectivity index (χ2v) is 0.591. The molecule has 5 heteroatoms. The second kappa shape index (κ2) is 15.7. The molecule has 0 N–H and O–H groups in total. The van der Waals surface area contributed by atoms with Gasteiger partial charge in [0.25, 0.3) is 0 Å². The molecule has 0 aliphatic rings. The van der Waals surface area contributed by atoms with Crippen molar-refractivity contribution in [3.8, 4) is 0 Å². The Morgan fingerprint density at radius 3 is 1.75 bits per heavy atom. The van der Waals surface area contributed by atoms with Crippen molar-refractivity contribution >= 4 is 0 Å². The monoisotopic (exact) mass is 353 g/mol. The molecule has 0 aromatic carbocycles. The van der Waals surface area contributed by atoms with Gasteiger partial charge in [0, 0.05) is 39.6 Å². The van der Waals surface area contributed by atoms with Crippen molar-refractivity contribution in [3.63, 3.8) is 0 Å². The summed E-state index contributed by atoms with van der Waals surface area (Å²) in [6.45, 7) is 7.72. The van der Waals surface area contributed by atoms with Crippen LogP contribution in [0, 0.1) is 13.5 Å². The Morgan fingerprint density at radius 2 is 1.75 bits per heavy atom. The third-order valence-electron chi connectivity index (χ3n) is 0.128. The van der Waals surface area contributed by atoms with Crippen molar-refractivity contribution in [1.82, 2.24) is 0 Å². The van der Waals surface area contributed by atoms with Crippen LogP contribution in [0.5, 0.6) is 0 Å². The zero-order valence-electron chi connectivity index (χ0n) is 3.98. The smallest absolute Gasteiger partial charge is 0.712 e. The summed E-state index contributed by atoms with van der Waals surface area (Å²) in [5.74, 6) is 0. The first-order valence-corrected chi connectivity index (χ1v) is 1.07. The van der Waals surface area contributed by atoms with Crippen LogP contribution >= 0.6 is 0 Å². The molecule has 0 spiro atoms. The number of hydrogen-bond acceptors (Lipinski definition) is 1. The van der Waals surface area contributed by atoms with Gasteiger partial charge in [-0.2, -0.15) is 0 Å². The van der Waals surface area contributed by atoms with Crippen LogP contribution in [0.25, 0.3) is 5.53 Å². The normalized spacial score (nSPS) is 4.00. The molecule has 0 heterocycles. The van der Waals surface area contributed by atoms with Gasteiger partial charge in [-0.25, -0.2) is 0 Å². The summed E-state index contributed by atoms with van der Waals surface area (Å²) < 4.78 is 0. The molecule has 0 bridgehead atoms. The van der Waals surface area contributed by atoms with E-state index in [-0.39, 0.29) is 63.9 Å². The molecule has 2 nitrogen and oxygen atoms in total. The minimum absolute atomic E-state index is 0. The second-order valence-electron chi connectivity index (χ2n) is 0.591. The van der Waals surface area contributed by atoms with Crippen LogP contribution in [0.15, 0.2) is 10.8 Å². The maximum Gasteiger partial charge on any atom is 2.00 e. The molecular formula is C3H3N2V2W-. The molecule has 8 heavy (non-hydrogen) atoms. The maximum absolute atomic E-state index is 7.54. The minimum atomic E-state index is -0.0648. The fourth-order valence-corrected chi connectivity index (χ4v) is 0. The van der Waals surface area contributed by atoms with E-state index in [1.165, 1.54) is 0 Å². The standard InChI is InChI=1S/C3H3N2.2V.W/c1-3(2)5-4;;;/h1H,2H2;;;/q-3;;+2;. The van der Waals surface area contributed by atoms with Gasteiger partial charge in [0.2, 0.25) is 0 Å². The summed E-state index contributed by atoms with van der Waals surface area (Å²) in [6.07, 6.45) is 0. The van der Waals surface area contributed by atoms with Crippen molar-refractivity contribution in [2.75, 3.05) is 0 Å². The zero-order valence-corrected chi connectivity index (χ0v) is 9.71. The largest absolute Gasteiger partial charge is 2.00 e. The quantitative estimate of drug-likeness (QED) is 0.501. The molecule has 0 saturated carbocycles. The Balaban J connectivity index is -0.0000000267. The van der Waals surface area contributed by atoms with Gasteiger partial charge in [-0.15, -0.1) is 0 Å². The summed E-state index contributed by atoms with van der Waals surface area (Å²) in [6, 6.07) is 0. The predicted octanol–water partition coefficient (Wildman–Crippen LogP) is 1.15. The summed E-state index contributed by atoms with van der Waals surface area (Å²) in [5.41, 5.74) is 7.48. The van der Waals surface area contributed by atoms with Crippen LogP contribution in [0.2, 0.25) is 0 Å². The maximum atomic E-state index is 7.54. The average Bonchev–Trinajstić information content (AvgIpc) is 1.38. The number of nitrogens with zero attached hydrogens (tertiary/aromatic N) is 2. The van der Waals surface area contributed by atoms with Crippen LogP contribution < -0.4 is 0 Å². The molecule has 0 aromatic rings. The van der Waals surface area contributed by atoms with E-state index in [1.807, 2.05) is 0 Å². The summed E-state index contributed by atoms with van der Waals surface area (Å²) >= 11 is 0. The molecular weight excluding hydrogens is 350 g/mol. The summed E-state index contributed by atoms with van der Waals surface area (Å²) in [7, 11) is 0. The molecule has 2 radical (unpaired) electrons. The fourth-order valence-electron chi connectivity index (χ4n) is 0. The Hall–Kier alpha value is 1.07. The van der Waals surface area contributed by atoms with Crippen LogP contribution in [0.3, 0.4) is 0 Å². The number of hydrogen-bond donors (Lipinski definition) is 0. The zero-order chi connectivity index (χ0) is 4.28. The van der Waals surface area contributed by atoms with Crippen molar-refractivity contribution in [3.05, 3.63) is 24.7 Å². The van der Waals surface area contributed by atoms with Gasteiger partial charge >= 0.3 is 18.6 Å². The van der Waals surface area contributed by atoms with Gasteiger partial charge in [-0.05, 0) is 0 Å². The van der Waals surface area contributed by atoms with E-state index in [0.717, 1.165) is 0 Å². The topological polar surface area (TPSA) is 34.7 Å². The SMILES string of the molecule is [CH-]=C([CH2-])N=[N-].[V+2].[V].[W]. The van der Waals surface area contributed by atoms with Gasteiger partial charge in [0.15, 0.2) is 0 Å². The van der Waals surface area contributed by atoms with Crippen molar-refractivity contribution in [2.45, 2.75) is 0 Å². The molecule has 0 saturated heterocycles. The number of rotatable bonds is 1. The molecule has 0 unspecified atom stereocenters. The van der Waals surface area contributed by atoms with Gasteiger partial charge in [0.1, 0.15) is 0 Å². The first-order valence-electron chi connectivity index (χ1n) is 1.07. The Kier molecular flexibility index (Phi) is 45.1. The van der Waals surface area contributed by atoms with Crippen LogP contribution in [-0.4, -0.2) is 0 Å². The van der Waals surface area contributed by atoms with E-state index in [9.17, 15) is 0 Å². The Labute approximate surface area is 87.4 Å². The van der Waals surface area contributed by atoms with Crippen LogP contribution in [-0.2, 0) is 58.2 Å². The third-order valence-corrected chi connectivity index (χ3v) is 0.128.